The quantitative estimate of drug-likeness (QED) is 0.791. The molecule has 0 atom stereocenters. The molecule has 0 fully saturated rings. The van der Waals surface area contributed by atoms with Gasteiger partial charge in [0.05, 0.1) is 6.42 Å². The van der Waals surface area contributed by atoms with Crippen molar-refractivity contribution in [3.05, 3.63) is 23.8 Å². The summed E-state index contributed by atoms with van der Waals surface area (Å²) in [6.07, 6.45) is 3.97. The maximum Gasteiger partial charge on any atom is 0.240 e. The Balaban J connectivity index is 2.18. The van der Waals surface area contributed by atoms with E-state index in [9.17, 15) is 4.79 Å². The van der Waals surface area contributed by atoms with Crippen molar-refractivity contribution in [3.8, 4) is 11.6 Å². The smallest absolute Gasteiger partial charge is 0.240 e. The maximum absolute atomic E-state index is 11.2. The van der Waals surface area contributed by atoms with Crippen LogP contribution in [0.4, 0.5) is 0 Å². The van der Waals surface area contributed by atoms with Gasteiger partial charge in [0.25, 0.3) is 0 Å². The summed E-state index contributed by atoms with van der Waals surface area (Å²) in [5.74, 6) is 1.07. The Morgan fingerprint density at radius 1 is 1.29 bits per heavy atom. The summed E-state index contributed by atoms with van der Waals surface area (Å²) >= 11 is 0. The average molecular weight is 232 g/mol. The van der Waals surface area contributed by atoms with E-state index in [1.54, 1.807) is 19.3 Å². The highest BCUT2D eigenvalue weighted by Crippen LogP contribution is 2.10. The van der Waals surface area contributed by atoms with Gasteiger partial charge in [-0.05, 0) is 12.5 Å². The molecule has 2 heterocycles. The van der Waals surface area contributed by atoms with Crippen LogP contribution in [-0.2, 0) is 11.2 Å². The summed E-state index contributed by atoms with van der Waals surface area (Å²) in [4.78, 5) is 23.4. The van der Waals surface area contributed by atoms with E-state index in [-0.39, 0.29) is 12.2 Å². The molecule has 0 unspecified atom stereocenters. The maximum atomic E-state index is 11.2. The van der Waals surface area contributed by atoms with Gasteiger partial charge in [-0.3, -0.25) is 4.79 Å². The fraction of sp³-hybridized carbons (Fsp3) is 0.364. The predicted molar refractivity (Wildman–Crippen MR) is 59.1 cm³/mol. The second-order valence-corrected chi connectivity index (χ2v) is 3.66. The SMILES string of the molecule is CCC(=O)Cc1nc(-c2ncc(C)cn2)no1. The van der Waals surface area contributed by atoms with Crippen LogP contribution in [-0.4, -0.2) is 25.9 Å². The van der Waals surface area contributed by atoms with Gasteiger partial charge in [0.15, 0.2) is 0 Å². The number of rotatable bonds is 4. The molecule has 6 nitrogen and oxygen atoms in total. The molecule has 2 aromatic heterocycles. The lowest BCUT2D eigenvalue weighted by molar-refractivity contribution is -0.118. The summed E-state index contributed by atoms with van der Waals surface area (Å²) in [6.45, 7) is 3.69. The minimum atomic E-state index is 0.0602. The number of hydrogen-bond acceptors (Lipinski definition) is 6. The van der Waals surface area contributed by atoms with E-state index >= 15 is 0 Å². The van der Waals surface area contributed by atoms with Crippen molar-refractivity contribution in [2.75, 3.05) is 0 Å². The molecule has 17 heavy (non-hydrogen) atoms. The second-order valence-electron chi connectivity index (χ2n) is 3.66. The van der Waals surface area contributed by atoms with Crippen molar-refractivity contribution in [2.45, 2.75) is 26.7 Å². The normalized spacial score (nSPS) is 10.5. The van der Waals surface area contributed by atoms with Gasteiger partial charge in [0.2, 0.25) is 17.5 Å². The van der Waals surface area contributed by atoms with Crippen molar-refractivity contribution in [1.29, 1.82) is 0 Å². The summed E-state index contributed by atoms with van der Waals surface area (Å²) < 4.78 is 4.96. The highest BCUT2D eigenvalue weighted by molar-refractivity contribution is 5.79. The van der Waals surface area contributed by atoms with E-state index in [1.807, 2.05) is 6.92 Å². The molecule has 0 aliphatic heterocycles. The summed E-state index contributed by atoms with van der Waals surface area (Å²) in [7, 11) is 0. The van der Waals surface area contributed by atoms with Crippen molar-refractivity contribution in [2.24, 2.45) is 0 Å². The van der Waals surface area contributed by atoms with E-state index in [1.165, 1.54) is 0 Å². The summed E-state index contributed by atoms with van der Waals surface area (Å²) in [5, 5.41) is 3.74. The second kappa shape index (κ2) is 4.82. The molecule has 0 bridgehead atoms. The molecular weight excluding hydrogens is 220 g/mol. The first-order valence-electron chi connectivity index (χ1n) is 5.32. The molecule has 6 heteroatoms. The van der Waals surface area contributed by atoms with Crippen LogP contribution in [0.1, 0.15) is 24.8 Å². The molecule has 0 aliphatic carbocycles. The molecule has 0 spiro atoms. The highest BCUT2D eigenvalue weighted by Gasteiger charge is 2.12. The molecule has 0 aliphatic rings. The van der Waals surface area contributed by atoms with Gasteiger partial charge in [-0.2, -0.15) is 4.98 Å². The van der Waals surface area contributed by atoms with Gasteiger partial charge in [0, 0.05) is 18.8 Å². The van der Waals surface area contributed by atoms with Gasteiger partial charge in [-0.15, -0.1) is 0 Å². The lowest BCUT2D eigenvalue weighted by atomic mass is 10.2. The summed E-state index contributed by atoms with van der Waals surface area (Å²) in [5.41, 5.74) is 0.957. The fourth-order valence-electron chi connectivity index (χ4n) is 1.22. The Morgan fingerprint density at radius 3 is 2.65 bits per heavy atom. The third kappa shape index (κ3) is 2.72. The van der Waals surface area contributed by atoms with E-state index in [4.69, 9.17) is 4.52 Å². The lowest BCUT2D eigenvalue weighted by Gasteiger charge is -1.92. The first-order valence-corrected chi connectivity index (χ1v) is 5.32. The third-order valence-electron chi connectivity index (χ3n) is 2.19. The molecular formula is C11H12N4O2. The molecule has 0 saturated carbocycles. The van der Waals surface area contributed by atoms with Crippen LogP contribution in [0.5, 0.6) is 0 Å². The topological polar surface area (TPSA) is 81.8 Å². The summed E-state index contributed by atoms with van der Waals surface area (Å²) in [6, 6.07) is 0. The Labute approximate surface area is 98.1 Å². The highest BCUT2D eigenvalue weighted by atomic mass is 16.5. The minimum absolute atomic E-state index is 0.0602. The molecule has 0 radical (unpaired) electrons. The van der Waals surface area contributed by atoms with Gasteiger partial charge >= 0.3 is 0 Å². The first kappa shape index (κ1) is 11.4. The molecule has 88 valence electrons. The zero-order chi connectivity index (χ0) is 12.3. The van der Waals surface area contributed by atoms with Crippen LogP contribution in [0.2, 0.25) is 0 Å². The van der Waals surface area contributed by atoms with Crippen LogP contribution >= 0.6 is 0 Å². The van der Waals surface area contributed by atoms with Crippen LogP contribution in [0.15, 0.2) is 16.9 Å². The largest absolute Gasteiger partial charge is 0.338 e. The standard InChI is InChI=1S/C11H12N4O2/c1-3-8(16)4-9-14-11(15-17-9)10-12-5-7(2)6-13-10/h5-6H,3-4H2,1-2H3. The van der Waals surface area contributed by atoms with E-state index < -0.39 is 0 Å². The molecule has 2 aromatic rings. The Kier molecular flexibility index (Phi) is 3.22. The van der Waals surface area contributed by atoms with E-state index in [2.05, 4.69) is 20.1 Å². The molecule has 0 aromatic carbocycles. The van der Waals surface area contributed by atoms with Crippen molar-refractivity contribution >= 4 is 5.78 Å². The Morgan fingerprint density at radius 2 is 2.00 bits per heavy atom. The average Bonchev–Trinajstić information content (AvgIpc) is 2.78. The lowest BCUT2D eigenvalue weighted by Crippen LogP contribution is -2.00. The number of carbonyl (C=O) groups excluding carboxylic acids is 1. The number of aromatic nitrogens is 4. The predicted octanol–water partition coefficient (Wildman–Crippen LogP) is 1.36. The van der Waals surface area contributed by atoms with Crippen LogP contribution < -0.4 is 0 Å². The fourth-order valence-corrected chi connectivity index (χ4v) is 1.22. The van der Waals surface area contributed by atoms with E-state index in [0.29, 0.717) is 24.0 Å². The van der Waals surface area contributed by atoms with Crippen LogP contribution in [0.3, 0.4) is 0 Å². The van der Waals surface area contributed by atoms with Gasteiger partial charge in [0.1, 0.15) is 5.78 Å². The molecule has 0 saturated heterocycles. The molecule has 0 N–H and O–H groups in total. The van der Waals surface area contributed by atoms with Crippen LogP contribution in [0, 0.1) is 6.92 Å². The zero-order valence-corrected chi connectivity index (χ0v) is 9.67. The first-order chi connectivity index (χ1) is 8.19. The van der Waals surface area contributed by atoms with Crippen molar-refractivity contribution in [3.63, 3.8) is 0 Å². The minimum Gasteiger partial charge on any atom is -0.338 e. The number of hydrogen-bond donors (Lipinski definition) is 0. The monoisotopic (exact) mass is 232 g/mol. The van der Waals surface area contributed by atoms with Crippen molar-refractivity contribution < 1.29 is 9.32 Å². The molecule has 0 amide bonds. The Bertz CT molecular complexity index is 519. The van der Waals surface area contributed by atoms with Crippen LogP contribution in [0.25, 0.3) is 11.6 Å². The molecule has 2 rings (SSSR count). The van der Waals surface area contributed by atoms with Gasteiger partial charge in [-0.1, -0.05) is 12.1 Å². The van der Waals surface area contributed by atoms with Gasteiger partial charge in [-0.25, -0.2) is 9.97 Å². The third-order valence-corrected chi connectivity index (χ3v) is 2.19. The number of carbonyl (C=O) groups is 1. The number of Topliss-reactive ketones (excluding diaryl/α,β-unsaturated/α-hetero) is 1. The number of aryl methyl sites for hydroxylation is 1. The van der Waals surface area contributed by atoms with Crippen molar-refractivity contribution in [1.82, 2.24) is 20.1 Å². The number of nitrogens with zero attached hydrogens (tertiary/aromatic N) is 4. The van der Waals surface area contributed by atoms with E-state index in [0.717, 1.165) is 5.56 Å². The van der Waals surface area contributed by atoms with Gasteiger partial charge < -0.3 is 4.52 Å². The number of ketones is 1. The Hall–Kier alpha value is -2.11. The zero-order valence-electron chi connectivity index (χ0n) is 9.67.